The molecule has 1 aromatic rings. The Morgan fingerprint density at radius 1 is 1.16 bits per heavy atom. The Hall–Kier alpha value is -1.40. The molecule has 0 aliphatic carbocycles. The quantitative estimate of drug-likeness (QED) is 0.662. The number of likely N-dealkylation sites (tertiary alicyclic amines) is 1. The Labute approximate surface area is 151 Å². The maximum Gasteiger partial charge on any atom is 0.222 e. The van der Waals surface area contributed by atoms with Crippen molar-refractivity contribution in [3.8, 4) is 0 Å². The van der Waals surface area contributed by atoms with Gasteiger partial charge in [-0.1, -0.05) is 30.3 Å². The van der Waals surface area contributed by atoms with Crippen molar-refractivity contribution in [2.45, 2.75) is 43.8 Å². The lowest BCUT2D eigenvalue weighted by molar-refractivity contribution is -0.131. The van der Waals surface area contributed by atoms with Crippen LogP contribution in [-0.4, -0.2) is 57.0 Å². The van der Waals surface area contributed by atoms with Crippen molar-refractivity contribution in [2.24, 2.45) is 0 Å². The first kappa shape index (κ1) is 19.9. The Balaban J connectivity index is 1.60. The van der Waals surface area contributed by atoms with Gasteiger partial charge in [-0.25, -0.2) is 8.42 Å². The molecule has 0 saturated carbocycles. The van der Waals surface area contributed by atoms with E-state index in [1.807, 2.05) is 23.1 Å². The molecular formula is C19H29NO4S. The molecule has 6 heteroatoms. The summed E-state index contributed by atoms with van der Waals surface area (Å²) in [7, 11) is -3.01. The molecule has 2 rings (SSSR count). The van der Waals surface area contributed by atoms with Gasteiger partial charge in [0, 0.05) is 32.4 Å². The fraction of sp³-hybridized carbons (Fsp3) is 0.632. The molecule has 0 unspecified atom stereocenters. The summed E-state index contributed by atoms with van der Waals surface area (Å²) in [6, 6.07) is 10.2. The predicted octanol–water partition coefficient (Wildman–Crippen LogP) is 2.45. The second kappa shape index (κ2) is 9.92. The fourth-order valence-electron chi connectivity index (χ4n) is 3.16. The molecule has 1 amide bonds. The molecule has 0 aromatic heterocycles. The summed E-state index contributed by atoms with van der Waals surface area (Å²) in [6.07, 6.45) is 5.32. The van der Waals surface area contributed by atoms with Gasteiger partial charge in [-0.2, -0.15) is 0 Å². The Morgan fingerprint density at radius 2 is 1.92 bits per heavy atom. The van der Waals surface area contributed by atoms with E-state index < -0.39 is 9.84 Å². The molecule has 1 aliphatic rings. The summed E-state index contributed by atoms with van der Waals surface area (Å²) in [5.74, 6) is 0.112. The molecule has 1 heterocycles. The number of ether oxygens (including phenoxy) is 1. The van der Waals surface area contributed by atoms with Crippen LogP contribution < -0.4 is 0 Å². The minimum absolute atomic E-state index is 0.112. The largest absolute Gasteiger partial charge is 0.381 e. The lowest BCUT2D eigenvalue weighted by atomic mass is 10.2. The van der Waals surface area contributed by atoms with Crippen LogP contribution in [0.4, 0.5) is 0 Å². The van der Waals surface area contributed by atoms with Gasteiger partial charge in [-0.3, -0.25) is 4.79 Å². The molecule has 1 aromatic carbocycles. The highest BCUT2D eigenvalue weighted by molar-refractivity contribution is 7.91. The number of benzene rings is 1. The number of amides is 1. The molecule has 140 valence electrons. The number of rotatable bonds is 8. The highest BCUT2D eigenvalue weighted by Crippen LogP contribution is 2.18. The molecule has 5 nitrogen and oxygen atoms in total. The molecular weight excluding hydrogens is 338 g/mol. The van der Waals surface area contributed by atoms with E-state index >= 15 is 0 Å². The van der Waals surface area contributed by atoms with Crippen molar-refractivity contribution in [2.75, 3.05) is 32.6 Å². The van der Waals surface area contributed by atoms with Crippen LogP contribution in [-0.2, 0) is 25.8 Å². The number of carbonyl (C=O) groups excluding carboxylic acids is 1. The van der Waals surface area contributed by atoms with Crippen LogP contribution in [0.5, 0.6) is 0 Å². The minimum Gasteiger partial charge on any atom is -0.381 e. The van der Waals surface area contributed by atoms with Crippen molar-refractivity contribution >= 4 is 15.7 Å². The van der Waals surface area contributed by atoms with E-state index in [-0.39, 0.29) is 11.2 Å². The number of hydrogen-bond donors (Lipinski definition) is 0. The zero-order valence-electron chi connectivity index (χ0n) is 15.0. The third-order valence-electron chi connectivity index (χ3n) is 4.69. The first-order valence-corrected chi connectivity index (χ1v) is 11.0. The topological polar surface area (TPSA) is 63.7 Å². The van der Waals surface area contributed by atoms with E-state index in [0.29, 0.717) is 52.0 Å². The van der Waals surface area contributed by atoms with E-state index in [1.165, 1.54) is 11.8 Å². The van der Waals surface area contributed by atoms with Crippen LogP contribution >= 0.6 is 0 Å². The minimum atomic E-state index is -3.01. The highest BCUT2D eigenvalue weighted by atomic mass is 32.2. The third kappa shape index (κ3) is 7.16. The van der Waals surface area contributed by atoms with Crippen molar-refractivity contribution in [3.05, 3.63) is 35.9 Å². The van der Waals surface area contributed by atoms with Crippen LogP contribution in [0.25, 0.3) is 0 Å². The molecule has 1 atom stereocenters. The van der Waals surface area contributed by atoms with Crippen LogP contribution in [0.3, 0.4) is 0 Å². The fourth-order valence-corrected chi connectivity index (χ4v) is 4.29. The highest BCUT2D eigenvalue weighted by Gasteiger charge is 2.26. The van der Waals surface area contributed by atoms with Crippen LogP contribution in [0.2, 0.25) is 0 Å². The van der Waals surface area contributed by atoms with E-state index in [4.69, 9.17) is 4.74 Å². The van der Waals surface area contributed by atoms with E-state index in [0.717, 1.165) is 12.8 Å². The van der Waals surface area contributed by atoms with Crippen molar-refractivity contribution in [1.29, 1.82) is 0 Å². The normalized spacial score (nSPS) is 18.8. The number of carbonyl (C=O) groups is 1. The molecule has 25 heavy (non-hydrogen) atoms. The average molecular weight is 368 g/mol. The van der Waals surface area contributed by atoms with Gasteiger partial charge in [0.25, 0.3) is 0 Å². The molecule has 1 fully saturated rings. The predicted molar refractivity (Wildman–Crippen MR) is 99.3 cm³/mol. The van der Waals surface area contributed by atoms with Gasteiger partial charge in [0.2, 0.25) is 5.91 Å². The van der Waals surface area contributed by atoms with Gasteiger partial charge < -0.3 is 9.64 Å². The number of sulfone groups is 1. The van der Waals surface area contributed by atoms with Gasteiger partial charge in [0.05, 0.1) is 11.9 Å². The summed E-state index contributed by atoms with van der Waals surface area (Å²) in [6.45, 7) is 2.46. The van der Waals surface area contributed by atoms with Crippen molar-refractivity contribution in [3.63, 3.8) is 0 Å². The van der Waals surface area contributed by atoms with Gasteiger partial charge in [-0.05, 0) is 37.7 Å². The zero-order chi connectivity index (χ0) is 18.1. The van der Waals surface area contributed by atoms with Crippen molar-refractivity contribution in [1.82, 2.24) is 4.90 Å². The SMILES string of the molecule is CS(=O)(=O)[C@H]1CCCN(C(=O)CCCOCCc2ccccc2)CC1. The second-order valence-electron chi connectivity index (χ2n) is 6.71. The Morgan fingerprint density at radius 3 is 2.64 bits per heavy atom. The molecule has 0 N–H and O–H groups in total. The standard InChI is InChI=1S/C19H29NO4S/c1-25(22,23)18-9-5-13-20(14-11-18)19(21)10-6-15-24-16-12-17-7-3-2-4-8-17/h2-4,7-8,18H,5-6,9-16H2,1H3/t18-/m0/s1. The molecule has 0 bridgehead atoms. The second-order valence-corrected chi connectivity index (χ2v) is 9.04. The first-order valence-electron chi connectivity index (χ1n) is 9.05. The summed E-state index contributed by atoms with van der Waals surface area (Å²) >= 11 is 0. The zero-order valence-corrected chi connectivity index (χ0v) is 15.8. The van der Waals surface area contributed by atoms with Crippen molar-refractivity contribution < 1.29 is 17.9 Å². The summed E-state index contributed by atoms with van der Waals surface area (Å²) in [5.41, 5.74) is 1.25. The monoisotopic (exact) mass is 367 g/mol. The smallest absolute Gasteiger partial charge is 0.222 e. The maximum atomic E-state index is 12.3. The first-order chi connectivity index (χ1) is 12.0. The lowest BCUT2D eigenvalue weighted by Crippen LogP contribution is -2.32. The van der Waals surface area contributed by atoms with Gasteiger partial charge in [-0.15, -0.1) is 0 Å². The van der Waals surface area contributed by atoms with Gasteiger partial charge in [0.15, 0.2) is 0 Å². The molecule has 1 saturated heterocycles. The number of nitrogens with zero attached hydrogens (tertiary/aromatic N) is 1. The summed E-state index contributed by atoms with van der Waals surface area (Å²) in [4.78, 5) is 14.1. The van der Waals surface area contributed by atoms with Crippen LogP contribution in [0.15, 0.2) is 30.3 Å². The number of hydrogen-bond acceptors (Lipinski definition) is 4. The van der Waals surface area contributed by atoms with Crippen LogP contribution in [0.1, 0.15) is 37.7 Å². The average Bonchev–Trinajstić information content (AvgIpc) is 2.85. The lowest BCUT2D eigenvalue weighted by Gasteiger charge is -2.20. The Bertz CT molecular complexity index is 630. The van der Waals surface area contributed by atoms with E-state index in [9.17, 15) is 13.2 Å². The third-order valence-corrected chi connectivity index (χ3v) is 6.37. The van der Waals surface area contributed by atoms with E-state index in [2.05, 4.69) is 12.1 Å². The summed E-state index contributed by atoms with van der Waals surface area (Å²) in [5, 5.41) is -0.299. The van der Waals surface area contributed by atoms with E-state index in [1.54, 1.807) is 0 Å². The molecule has 0 radical (unpaired) electrons. The van der Waals surface area contributed by atoms with Gasteiger partial charge in [0.1, 0.15) is 9.84 Å². The Kier molecular flexibility index (Phi) is 7.90. The van der Waals surface area contributed by atoms with Gasteiger partial charge >= 0.3 is 0 Å². The van der Waals surface area contributed by atoms with Crippen LogP contribution in [0, 0.1) is 0 Å². The summed E-state index contributed by atoms with van der Waals surface area (Å²) < 4.78 is 29.0. The molecule has 1 aliphatic heterocycles. The molecule has 0 spiro atoms. The maximum absolute atomic E-state index is 12.3.